The Labute approximate surface area is 111 Å². The number of H-pyrrole nitrogens is 1. The van der Waals surface area contributed by atoms with Crippen LogP contribution in [-0.2, 0) is 11.3 Å². The number of aryl methyl sites for hydroxylation is 1. The van der Waals surface area contributed by atoms with E-state index in [4.69, 9.17) is 4.74 Å². The maximum Gasteiger partial charge on any atom is 0.126 e. The van der Waals surface area contributed by atoms with Gasteiger partial charge in [-0.1, -0.05) is 0 Å². The highest BCUT2D eigenvalue weighted by Gasteiger charge is 2.26. The van der Waals surface area contributed by atoms with Gasteiger partial charge in [-0.05, 0) is 29.3 Å². The second-order valence-corrected chi connectivity index (χ2v) is 5.42. The molecule has 18 heavy (non-hydrogen) atoms. The van der Waals surface area contributed by atoms with Gasteiger partial charge in [0.1, 0.15) is 5.82 Å². The Morgan fingerprint density at radius 3 is 3.28 bits per heavy atom. The number of rotatable bonds is 3. The minimum Gasteiger partial charge on any atom is -0.378 e. The Morgan fingerprint density at radius 2 is 2.56 bits per heavy atom. The van der Waals surface area contributed by atoms with Crippen LogP contribution in [0.1, 0.15) is 23.1 Å². The van der Waals surface area contributed by atoms with Crippen LogP contribution in [0.5, 0.6) is 0 Å². The first kappa shape index (κ1) is 11.9. The van der Waals surface area contributed by atoms with Crippen molar-refractivity contribution in [1.29, 1.82) is 0 Å². The number of hydrogen-bond acceptors (Lipinski definition) is 4. The van der Waals surface area contributed by atoms with E-state index in [0.717, 1.165) is 37.8 Å². The van der Waals surface area contributed by atoms with Gasteiger partial charge in [0.15, 0.2) is 0 Å². The van der Waals surface area contributed by atoms with Crippen molar-refractivity contribution < 1.29 is 4.74 Å². The van der Waals surface area contributed by atoms with Crippen LogP contribution in [0, 0.1) is 6.92 Å². The summed E-state index contributed by atoms with van der Waals surface area (Å²) < 4.78 is 5.60. The van der Waals surface area contributed by atoms with Crippen LogP contribution in [0.2, 0.25) is 0 Å². The topological polar surface area (TPSA) is 41.1 Å². The van der Waals surface area contributed by atoms with Crippen LogP contribution in [-0.4, -0.2) is 34.6 Å². The van der Waals surface area contributed by atoms with Gasteiger partial charge in [-0.2, -0.15) is 11.3 Å². The van der Waals surface area contributed by atoms with Gasteiger partial charge >= 0.3 is 0 Å². The molecule has 0 aliphatic carbocycles. The Kier molecular flexibility index (Phi) is 3.45. The van der Waals surface area contributed by atoms with Gasteiger partial charge in [-0.25, -0.2) is 4.98 Å². The number of morpholine rings is 1. The first-order valence-corrected chi connectivity index (χ1v) is 7.11. The smallest absolute Gasteiger partial charge is 0.126 e. The molecule has 0 amide bonds. The molecule has 1 fully saturated rings. The summed E-state index contributed by atoms with van der Waals surface area (Å²) in [7, 11) is 0. The molecule has 3 heterocycles. The molecule has 2 aromatic heterocycles. The fourth-order valence-electron chi connectivity index (χ4n) is 2.30. The maximum atomic E-state index is 5.60. The molecule has 1 aliphatic heterocycles. The molecular formula is C13H17N3OS. The van der Waals surface area contributed by atoms with Crippen LogP contribution in [0.4, 0.5) is 0 Å². The number of hydrogen-bond donors (Lipinski definition) is 1. The molecule has 96 valence electrons. The first-order chi connectivity index (χ1) is 8.83. The van der Waals surface area contributed by atoms with Crippen molar-refractivity contribution in [1.82, 2.24) is 14.9 Å². The molecule has 1 saturated heterocycles. The monoisotopic (exact) mass is 263 g/mol. The quantitative estimate of drug-likeness (QED) is 0.924. The normalized spacial score (nSPS) is 21.3. The van der Waals surface area contributed by atoms with Gasteiger partial charge in [0, 0.05) is 25.0 Å². The summed E-state index contributed by atoms with van der Waals surface area (Å²) in [6.07, 6.45) is 1.88. The van der Waals surface area contributed by atoms with E-state index in [0.29, 0.717) is 0 Å². The second-order valence-electron chi connectivity index (χ2n) is 4.64. The fourth-order valence-corrected chi connectivity index (χ4v) is 2.96. The van der Waals surface area contributed by atoms with Crippen molar-refractivity contribution in [2.75, 3.05) is 19.8 Å². The molecule has 2 aromatic rings. The van der Waals surface area contributed by atoms with Crippen molar-refractivity contribution in [3.05, 3.63) is 40.1 Å². The molecule has 4 nitrogen and oxygen atoms in total. The van der Waals surface area contributed by atoms with E-state index < -0.39 is 0 Å². The molecular weight excluding hydrogens is 246 g/mol. The Bertz CT molecular complexity index is 494. The summed E-state index contributed by atoms with van der Waals surface area (Å²) in [4.78, 5) is 10.2. The Balaban J connectivity index is 1.77. The standard InChI is InChI=1S/C13H17N3OS/c1-10-6-14-13(15-10)12-8-17-4-3-16(12)7-11-2-5-18-9-11/h2,5-6,9,12H,3-4,7-8H2,1H3,(H,14,15)/t12-/m0/s1. The minimum absolute atomic E-state index is 0.243. The fraction of sp³-hybridized carbons (Fsp3) is 0.462. The number of imidazole rings is 1. The largest absolute Gasteiger partial charge is 0.378 e. The lowest BCUT2D eigenvalue weighted by molar-refractivity contribution is -0.0156. The van der Waals surface area contributed by atoms with Crippen molar-refractivity contribution in [2.45, 2.75) is 19.5 Å². The number of aromatic amines is 1. The van der Waals surface area contributed by atoms with E-state index in [1.165, 1.54) is 5.56 Å². The number of nitrogens with zero attached hydrogens (tertiary/aromatic N) is 2. The molecule has 1 N–H and O–H groups in total. The van der Waals surface area contributed by atoms with Gasteiger partial charge in [0.2, 0.25) is 0 Å². The van der Waals surface area contributed by atoms with Crippen molar-refractivity contribution in [3.63, 3.8) is 0 Å². The molecule has 1 atom stereocenters. The molecule has 3 rings (SSSR count). The summed E-state index contributed by atoms with van der Waals surface area (Å²) in [5.41, 5.74) is 2.47. The zero-order valence-electron chi connectivity index (χ0n) is 10.4. The lowest BCUT2D eigenvalue weighted by Crippen LogP contribution is -2.39. The Morgan fingerprint density at radius 1 is 1.61 bits per heavy atom. The van der Waals surface area contributed by atoms with Gasteiger partial charge in [-0.15, -0.1) is 0 Å². The van der Waals surface area contributed by atoms with Crippen LogP contribution in [0.25, 0.3) is 0 Å². The van der Waals surface area contributed by atoms with Gasteiger partial charge < -0.3 is 9.72 Å². The predicted octanol–water partition coefficient (Wildman–Crippen LogP) is 2.35. The van der Waals surface area contributed by atoms with E-state index >= 15 is 0 Å². The summed E-state index contributed by atoms with van der Waals surface area (Å²) in [5.74, 6) is 1.02. The molecule has 1 aliphatic rings. The number of aromatic nitrogens is 2. The zero-order valence-corrected chi connectivity index (χ0v) is 11.2. The van der Waals surface area contributed by atoms with Crippen LogP contribution in [0.3, 0.4) is 0 Å². The molecule has 0 unspecified atom stereocenters. The summed E-state index contributed by atoms with van der Waals surface area (Å²) in [6.45, 7) is 5.48. The molecule has 0 bridgehead atoms. The average Bonchev–Trinajstić information content (AvgIpc) is 3.02. The van der Waals surface area contributed by atoms with Crippen molar-refractivity contribution in [2.24, 2.45) is 0 Å². The highest BCUT2D eigenvalue weighted by atomic mass is 32.1. The van der Waals surface area contributed by atoms with Gasteiger partial charge in [-0.3, -0.25) is 4.90 Å². The van der Waals surface area contributed by atoms with Crippen molar-refractivity contribution >= 4 is 11.3 Å². The third-order valence-corrected chi connectivity index (χ3v) is 3.98. The molecule has 5 heteroatoms. The van der Waals surface area contributed by atoms with E-state index in [1.54, 1.807) is 11.3 Å². The van der Waals surface area contributed by atoms with E-state index in [-0.39, 0.29) is 6.04 Å². The first-order valence-electron chi connectivity index (χ1n) is 6.17. The molecule has 0 radical (unpaired) electrons. The van der Waals surface area contributed by atoms with Crippen LogP contribution in [0.15, 0.2) is 23.0 Å². The highest BCUT2D eigenvalue weighted by Crippen LogP contribution is 2.24. The van der Waals surface area contributed by atoms with Crippen molar-refractivity contribution in [3.8, 4) is 0 Å². The second kappa shape index (κ2) is 5.22. The number of nitrogens with one attached hydrogen (secondary N) is 1. The summed E-state index contributed by atoms with van der Waals surface area (Å²) >= 11 is 1.75. The third kappa shape index (κ3) is 2.48. The lowest BCUT2D eigenvalue weighted by atomic mass is 10.2. The van der Waals surface area contributed by atoms with Gasteiger partial charge in [0.25, 0.3) is 0 Å². The minimum atomic E-state index is 0.243. The van der Waals surface area contributed by atoms with Crippen LogP contribution >= 0.6 is 11.3 Å². The Hall–Kier alpha value is -1.17. The maximum absolute atomic E-state index is 5.60. The van der Waals surface area contributed by atoms with E-state index in [9.17, 15) is 0 Å². The SMILES string of the molecule is Cc1cnc([C@@H]2COCCN2Cc2ccsc2)[nH]1. The molecule has 0 aromatic carbocycles. The lowest BCUT2D eigenvalue weighted by Gasteiger charge is -2.34. The van der Waals surface area contributed by atoms with Crippen LogP contribution < -0.4 is 0 Å². The molecule has 0 spiro atoms. The number of ether oxygens (including phenoxy) is 1. The van der Waals surface area contributed by atoms with Gasteiger partial charge in [0.05, 0.1) is 19.3 Å². The van der Waals surface area contributed by atoms with E-state index in [1.807, 2.05) is 13.1 Å². The number of thiophene rings is 1. The van der Waals surface area contributed by atoms with E-state index in [2.05, 4.69) is 31.7 Å². The summed E-state index contributed by atoms with van der Waals surface area (Å²) in [6, 6.07) is 2.43. The predicted molar refractivity (Wildman–Crippen MR) is 71.6 cm³/mol. The average molecular weight is 263 g/mol. The highest BCUT2D eigenvalue weighted by molar-refractivity contribution is 7.07. The molecule has 0 saturated carbocycles. The zero-order chi connectivity index (χ0) is 12.4. The summed E-state index contributed by atoms with van der Waals surface area (Å²) in [5, 5.41) is 4.34. The third-order valence-electron chi connectivity index (χ3n) is 3.24.